The van der Waals surface area contributed by atoms with Crippen molar-refractivity contribution in [1.29, 1.82) is 0 Å². The first-order valence-corrected chi connectivity index (χ1v) is 6.69. The number of ether oxygens (including phenoxy) is 1. The Morgan fingerprint density at radius 2 is 2.24 bits per heavy atom. The highest BCUT2D eigenvalue weighted by Crippen LogP contribution is 2.20. The number of nitrogens with two attached hydrogens (primary N) is 1. The number of anilines is 1. The van der Waals surface area contributed by atoms with E-state index in [9.17, 15) is 0 Å². The molecule has 0 aromatic carbocycles. The van der Waals surface area contributed by atoms with E-state index in [1.54, 1.807) is 6.20 Å². The SMILES string of the molecule is CCOCCN(CC)c1ncc(Br)cc1CN. The van der Waals surface area contributed by atoms with Gasteiger partial charge in [-0.25, -0.2) is 4.98 Å². The number of aromatic nitrogens is 1. The highest BCUT2D eigenvalue weighted by Gasteiger charge is 2.10. The molecule has 0 amide bonds. The Morgan fingerprint density at radius 1 is 1.47 bits per heavy atom. The van der Waals surface area contributed by atoms with Crippen LogP contribution in [0.1, 0.15) is 19.4 Å². The molecular weight excluding hydrogens is 282 g/mol. The molecule has 0 aliphatic heterocycles. The van der Waals surface area contributed by atoms with Crippen LogP contribution >= 0.6 is 15.9 Å². The van der Waals surface area contributed by atoms with Crippen LogP contribution < -0.4 is 10.6 Å². The second-order valence-electron chi connectivity index (χ2n) is 3.62. The van der Waals surface area contributed by atoms with Gasteiger partial charge < -0.3 is 15.4 Å². The van der Waals surface area contributed by atoms with E-state index in [1.165, 1.54) is 0 Å². The molecule has 0 aliphatic rings. The molecule has 0 spiro atoms. The van der Waals surface area contributed by atoms with Crippen LogP contribution in [0.25, 0.3) is 0 Å². The third-order valence-corrected chi connectivity index (χ3v) is 2.95. The highest BCUT2D eigenvalue weighted by atomic mass is 79.9. The molecule has 0 unspecified atom stereocenters. The van der Waals surface area contributed by atoms with Crippen molar-refractivity contribution in [2.24, 2.45) is 5.73 Å². The van der Waals surface area contributed by atoms with Crippen LogP contribution in [-0.4, -0.2) is 31.3 Å². The first-order valence-electron chi connectivity index (χ1n) is 5.90. The topological polar surface area (TPSA) is 51.4 Å². The molecular formula is C12H20BrN3O. The van der Waals surface area contributed by atoms with Crippen LogP contribution in [-0.2, 0) is 11.3 Å². The molecule has 0 radical (unpaired) electrons. The lowest BCUT2D eigenvalue weighted by molar-refractivity contribution is 0.154. The van der Waals surface area contributed by atoms with Crippen molar-refractivity contribution in [3.05, 3.63) is 22.3 Å². The van der Waals surface area contributed by atoms with Gasteiger partial charge in [-0.05, 0) is 35.8 Å². The minimum atomic E-state index is 0.493. The quantitative estimate of drug-likeness (QED) is 0.784. The molecule has 1 aromatic rings. The molecule has 0 atom stereocenters. The van der Waals surface area contributed by atoms with Crippen molar-refractivity contribution in [3.63, 3.8) is 0 Å². The summed E-state index contributed by atoms with van der Waals surface area (Å²) in [7, 11) is 0. The van der Waals surface area contributed by atoms with Crippen LogP contribution in [0.5, 0.6) is 0 Å². The minimum Gasteiger partial charge on any atom is -0.380 e. The van der Waals surface area contributed by atoms with Crippen LogP contribution in [0.4, 0.5) is 5.82 Å². The molecule has 0 fully saturated rings. The summed E-state index contributed by atoms with van der Waals surface area (Å²) in [4.78, 5) is 6.63. The molecule has 1 rings (SSSR count). The van der Waals surface area contributed by atoms with Gasteiger partial charge in [0.05, 0.1) is 6.61 Å². The molecule has 0 bridgehead atoms. The Bertz CT molecular complexity index is 347. The van der Waals surface area contributed by atoms with Crippen LogP contribution in [0.15, 0.2) is 16.7 Å². The number of hydrogen-bond donors (Lipinski definition) is 1. The Balaban J connectivity index is 2.79. The zero-order valence-electron chi connectivity index (χ0n) is 10.4. The summed E-state index contributed by atoms with van der Waals surface area (Å²) in [5, 5.41) is 0. The largest absolute Gasteiger partial charge is 0.380 e. The molecule has 0 saturated carbocycles. The Labute approximate surface area is 111 Å². The van der Waals surface area contributed by atoms with Crippen molar-refractivity contribution in [2.75, 3.05) is 31.2 Å². The van der Waals surface area contributed by atoms with Crippen molar-refractivity contribution in [2.45, 2.75) is 20.4 Å². The molecule has 1 aromatic heterocycles. The monoisotopic (exact) mass is 301 g/mol. The first kappa shape index (κ1) is 14.4. The molecule has 0 saturated heterocycles. The smallest absolute Gasteiger partial charge is 0.133 e. The number of halogens is 1. The van der Waals surface area contributed by atoms with Crippen molar-refractivity contribution in [1.82, 2.24) is 4.98 Å². The summed E-state index contributed by atoms with van der Waals surface area (Å²) < 4.78 is 6.34. The van der Waals surface area contributed by atoms with E-state index in [0.717, 1.165) is 35.6 Å². The fourth-order valence-electron chi connectivity index (χ4n) is 1.64. The summed E-state index contributed by atoms with van der Waals surface area (Å²) in [6, 6.07) is 2.02. The van der Waals surface area contributed by atoms with Crippen molar-refractivity contribution >= 4 is 21.7 Å². The molecule has 0 aliphatic carbocycles. The van der Waals surface area contributed by atoms with E-state index in [1.807, 2.05) is 13.0 Å². The van der Waals surface area contributed by atoms with E-state index >= 15 is 0 Å². The molecule has 96 valence electrons. The van der Waals surface area contributed by atoms with E-state index in [4.69, 9.17) is 10.5 Å². The van der Waals surface area contributed by atoms with E-state index < -0.39 is 0 Å². The zero-order valence-corrected chi connectivity index (χ0v) is 12.0. The fraction of sp³-hybridized carbons (Fsp3) is 0.583. The van der Waals surface area contributed by atoms with Gasteiger partial charge in [0.2, 0.25) is 0 Å². The summed E-state index contributed by atoms with van der Waals surface area (Å²) in [6.07, 6.45) is 1.80. The minimum absolute atomic E-state index is 0.493. The van der Waals surface area contributed by atoms with E-state index in [0.29, 0.717) is 13.2 Å². The van der Waals surface area contributed by atoms with E-state index in [2.05, 4.69) is 32.7 Å². The Hall–Kier alpha value is -0.650. The lowest BCUT2D eigenvalue weighted by atomic mass is 10.2. The molecule has 5 heteroatoms. The maximum Gasteiger partial charge on any atom is 0.133 e. The van der Waals surface area contributed by atoms with Crippen molar-refractivity contribution in [3.8, 4) is 0 Å². The lowest BCUT2D eigenvalue weighted by Gasteiger charge is -2.24. The number of rotatable bonds is 7. The average molecular weight is 302 g/mol. The number of pyridine rings is 1. The average Bonchev–Trinajstić information content (AvgIpc) is 2.35. The number of nitrogens with zero attached hydrogens (tertiary/aromatic N) is 2. The third-order valence-electron chi connectivity index (χ3n) is 2.52. The summed E-state index contributed by atoms with van der Waals surface area (Å²) in [6.45, 7) is 7.80. The maximum absolute atomic E-state index is 5.75. The van der Waals surface area contributed by atoms with Gasteiger partial charge in [0.25, 0.3) is 0 Å². The summed E-state index contributed by atoms with van der Waals surface area (Å²) >= 11 is 3.41. The normalized spacial score (nSPS) is 10.6. The zero-order chi connectivity index (χ0) is 12.7. The second kappa shape index (κ2) is 7.63. The number of likely N-dealkylation sites (N-methyl/N-ethyl adjacent to an activating group) is 1. The van der Waals surface area contributed by atoms with Gasteiger partial charge in [0, 0.05) is 42.5 Å². The summed E-state index contributed by atoms with van der Waals surface area (Å²) in [5.74, 6) is 0.956. The van der Waals surface area contributed by atoms with Gasteiger partial charge in [-0.2, -0.15) is 0 Å². The van der Waals surface area contributed by atoms with Gasteiger partial charge in [0.15, 0.2) is 0 Å². The molecule has 17 heavy (non-hydrogen) atoms. The van der Waals surface area contributed by atoms with Crippen LogP contribution in [0.3, 0.4) is 0 Å². The third kappa shape index (κ3) is 4.26. The van der Waals surface area contributed by atoms with Crippen LogP contribution in [0, 0.1) is 0 Å². The van der Waals surface area contributed by atoms with E-state index in [-0.39, 0.29) is 0 Å². The van der Waals surface area contributed by atoms with Gasteiger partial charge in [0.1, 0.15) is 5.82 Å². The highest BCUT2D eigenvalue weighted by molar-refractivity contribution is 9.10. The predicted octanol–water partition coefficient (Wildman–Crippen LogP) is 2.17. The van der Waals surface area contributed by atoms with Gasteiger partial charge >= 0.3 is 0 Å². The predicted molar refractivity (Wildman–Crippen MR) is 74.2 cm³/mol. The Kier molecular flexibility index (Phi) is 6.47. The second-order valence-corrected chi connectivity index (χ2v) is 4.53. The van der Waals surface area contributed by atoms with Crippen molar-refractivity contribution < 1.29 is 4.74 Å². The van der Waals surface area contributed by atoms with Gasteiger partial charge in [-0.1, -0.05) is 0 Å². The maximum atomic E-state index is 5.75. The van der Waals surface area contributed by atoms with Gasteiger partial charge in [-0.15, -0.1) is 0 Å². The first-order chi connectivity index (χ1) is 8.22. The molecule has 4 nitrogen and oxygen atoms in total. The van der Waals surface area contributed by atoms with Gasteiger partial charge in [-0.3, -0.25) is 0 Å². The van der Waals surface area contributed by atoms with Crippen LogP contribution in [0.2, 0.25) is 0 Å². The lowest BCUT2D eigenvalue weighted by Crippen LogP contribution is -2.29. The fourth-order valence-corrected chi connectivity index (χ4v) is 2.02. The molecule has 1 heterocycles. The number of hydrogen-bond acceptors (Lipinski definition) is 4. The molecule has 2 N–H and O–H groups in total. The standard InChI is InChI=1S/C12H20BrN3O/c1-3-16(5-6-17-4-2)12-10(8-14)7-11(13)9-15-12/h7,9H,3-6,8,14H2,1-2H3. The summed E-state index contributed by atoms with van der Waals surface area (Å²) in [5.41, 5.74) is 6.80. The Morgan fingerprint density at radius 3 is 2.82 bits per heavy atom.